The van der Waals surface area contributed by atoms with Gasteiger partial charge in [-0.15, -0.1) is 0 Å². The molecule has 1 aliphatic carbocycles. The molecular weight excluding hydrogens is 242 g/mol. The summed E-state index contributed by atoms with van der Waals surface area (Å²) < 4.78 is 5.40. The van der Waals surface area contributed by atoms with Gasteiger partial charge in [0.25, 0.3) is 0 Å². The number of aliphatic hydroxyl groups is 1. The Morgan fingerprint density at radius 2 is 1.89 bits per heavy atom. The van der Waals surface area contributed by atoms with Crippen LogP contribution in [-0.2, 0) is 4.74 Å². The van der Waals surface area contributed by atoms with Gasteiger partial charge in [0.1, 0.15) is 5.60 Å². The Bertz CT molecular complexity index is 317. The molecule has 2 fully saturated rings. The Hall–Kier alpha value is -0.770. The first-order valence-corrected chi connectivity index (χ1v) is 7.45. The van der Waals surface area contributed by atoms with Crippen molar-refractivity contribution in [2.45, 2.75) is 58.5 Å². The molecule has 0 atom stereocenters. The molecule has 1 heterocycles. The molecule has 0 aromatic carbocycles. The number of piperidine rings is 1. The van der Waals surface area contributed by atoms with Gasteiger partial charge in [-0.2, -0.15) is 0 Å². The van der Waals surface area contributed by atoms with Crippen LogP contribution in [0.3, 0.4) is 0 Å². The van der Waals surface area contributed by atoms with Gasteiger partial charge >= 0.3 is 6.09 Å². The second kappa shape index (κ2) is 5.31. The highest BCUT2D eigenvalue weighted by atomic mass is 16.6. The summed E-state index contributed by atoms with van der Waals surface area (Å²) in [5, 5.41) is 9.61. The number of rotatable bonds is 2. The number of nitrogens with zero attached hydrogens (tertiary/aromatic N) is 1. The van der Waals surface area contributed by atoms with Crippen LogP contribution in [0.25, 0.3) is 0 Å². The van der Waals surface area contributed by atoms with E-state index in [1.165, 1.54) is 6.42 Å². The van der Waals surface area contributed by atoms with Crippen LogP contribution in [0.2, 0.25) is 0 Å². The molecule has 0 aromatic rings. The highest BCUT2D eigenvalue weighted by molar-refractivity contribution is 5.68. The number of amides is 1. The van der Waals surface area contributed by atoms with Crippen LogP contribution < -0.4 is 0 Å². The summed E-state index contributed by atoms with van der Waals surface area (Å²) in [5.74, 6) is 0.574. The van der Waals surface area contributed by atoms with Crippen molar-refractivity contribution >= 4 is 6.09 Å². The number of hydrogen-bond acceptors (Lipinski definition) is 3. The predicted octanol–water partition coefficient (Wildman–Crippen LogP) is 2.80. The molecule has 110 valence electrons. The zero-order valence-electron chi connectivity index (χ0n) is 12.4. The first-order valence-electron chi connectivity index (χ1n) is 7.45. The summed E-state index contributed by atoms with van der Waals surface area (Å²) in [6.07, 6.45) is 5.35. The number of carbonyl (C=O) groups is 1. The van der Waals surface area contributed by atoms with E-state index in [2.05, 4.69) is 0 Å². The summed E-state index contributed by atoms with van der Waals surface area (Å²) in [5.41, 5.74) is -0.256. The third-order valence-electron chi connectivity index (χ3n) is 4.68. The lowest BCUT2D eigenvalue weighted by Crippen LogP contribution is -2.48. The lowest BCUT2D eigenvalue weighted by atomic mass is 9.59. The van der Waals surface area contributed by atoms with E-state index in [0.717, 1.165) is 38.8 Å². The fourth-order valence-electron chi connectivity index (χ4n) is 3.33. The van der Waals surface area contributed by atoms with E-state index in [9.17, 15) is 9.90 Å². The topological polar surface area (TPSA) is 49.8 Å². The van der Waals surface area contributed by atoms with Crippen LogP contribution in [0.4, 0.5) is 4.79 Å². The highest BCUT2D eigenvalue weighted by Gasteiger charge is 2.44. The molecule has 0 unspecified atom stereocenters. The van der Waals surface area contributed by atoms with E-state index in [4.69, 9.17) is 4.74 Å². The molecule has 1 saturated heterocycles. The van der Waals surface area contributed by atoms with Crippen LogP contribution in [-0.4, -0.2) is 41.4 Å². The third kappa shape index (κ3) is 3.22. The largest absolute Gasteiger partial charge is 0.444 e. The van der Waals surface area contributed by atoms with E-state index in [1.54, 1.807) is 0 Å². The third-order valence-corrected chi connectivity index (χ3v) is 4.68. The lowest BCUT2D eigenvalue weighted by molar-refractivity contribution is -0.0427. The van der Waals surface area contributed by atoms with Gasteiger partial charge in [-0.3, -0.25) is 0 Å². The average molecular weight is 269 g/mol. The predicted molar refractivity (Wildman–Crippen MR) is 73.9 cm³/mol. The van der Waals surface area contributed by atoms with Gasteiger partial charge in [-0.05, 0) is 57.8 Å². The van der Waals surface area contributed by atoms with E-state index in [0.29, 0.717) is 12.5 Å². The van der Waals surface area contributed by atoms with Crippen molar-refractivity contribution in [3.05, 3.63) is 0 Å². The van der Waals surface area contributed by atoms with Crippen molar-refractivity contribution in [2.24, 2.45) is 11.3 Å². The van der Waals surface area contributed by atoms with Crippen molar-refractivity contribution in [3.63, 3.8) is 0 Å². The van der Waals surface area contributed by atoms with Crippen molar-refractivity contribution < 1.29 is 14.6 Å². The minimum atomic E-state index is -0.422. The quantitative estimate of drug-likeness (QED) is 0.838. The molecule has 1 aliphatic heterocycles. The maximum absolute atomic E-state index is 12.0. The Balaban J connectivity index is 1.84. The molecule has 0 radical (unpaired) electrons. The molecule has 0 spiro atoms. The molecule has 19 heavy (non-hydrogen) atoms. The second-order valence-electron chi connectivity index (χ2n) is 7.12. The molecule has 0 aromatic heterocycles. The van der Waals surface area contributed by atoms with Crippen molar-refractivity contribution in [3.8, 4) is 0 Å². The van der Waals surface area contributed by atoms with Crippen LogP contribution in [0, 0.1) is 11.3 Å². The number of ether oxygens (including phenoxy) is 1. The van der Waals surface area contributed by atoms with E-state index in [1.807, 2.05) is 25.7 Å². The number of aliphatic hydroxyl groups excluding tert-OH is 1. The van der Waals surface area contributed by atoms with Gasteiger partial charge < -0.3 is 14.7 Å². The molecule has 4 heteroatoms. The molecule has 1 amide bonds. The van der Waals surface area contributed by atoms with Crippen LogP contribution in [0.15, 0.2) is 0 Å². The fraction of sp³-hybridized carbons (Fsp3) is 0.933. The zero-order valence-corrected chi connectivity index (χ0v) is 12.4. The molecular formula is C15H27NO3. The zero-order chi connectivity index (χ0) is 14.1. The second-order valence-corrected chi connectivity index (χ2v) is 7.12. The molecule has 1 N–H and O–H groups in total. The molecule has 0 bridgehead atoms. The van der Waals surface area contributed by atoms with Gasteiger partial charge in [0.15, 0.2) is 0 Å². The molecule has 2 aliphatic rings. The van der Waals surface area contributed by atoms with Gasteiger partial charge in [-0.25, -0.2) is 4.79 Å². The highest BCUT2D eigenvalue weighted by Crippen LogP contribution is 2.50. The van der Waals surface area contributed by atoms with E-state index < -0.39 is 5.60 Å². The van der Waals surface area contributed by atoms with Gasteiger partial charge in [0, 0.05) is 19.7 Å². The standard InChI is InChI=1S/C15H27NO3/c1-14(2,3)19-13(18)16-9-5-12(6-10-16)15(11-17)7-4-8-15/h12,17H,4-11H2,1-3H3. The average Bonchev–Trinajstić information content (AvgIpc) is 2.27. The Morgan fingerprint density at radius 1 is 1.32 bits per heavy atom. The Morgan fingerprint density at radius 3 is 2.26 bits per heavy atom. The van der Waals surface area contributed by atoms with Crippen LogP contribution in [0.1, 0.15) is 52.9 Å². The van der Waals surface area contributed by atoms with Crippen LogP contribution in [0.5, 0.6) is 0 Å². The normalized spacial score (nSPS) is 23.9. The first-order chi connectivity index (χ1) is 8.86. The van der Waals surface area contributed by atoms with Gasteiger partial charge in [-0.1, -0.05) is 6.42 Å². The molecule has 1 saturated carbocycles. The van der Waals surface area contributed by atoms with Gasteiger partial charge in [0.2, 0.25) is 0 Å². The monoisotopic (exact) mass is 269 g/mol. The van der Waals surface area contributed by atoms with Gasteiger partial charge in [0.05, 0.1) is 0 Å². The smallest absolute Gasteiger partial charge is 0.410 e. The number of likely N-dealkylation sites (tertiary alicyclic amines) is 1. The SMILES string of the molecule is CC(C)(C)OC(=O)N1CCC(C2(CO)CCC2)CC1. The van der Waals surface area contributed by atoms with Crippen LogP contribution >= 0.6 is 0 Å². The Labute approximate surface area is 116 Å². The minimum absolute atomic E-state index is 0.167. The molecule has 4 nitrogen and oxygen atoms in total. The van der Waals surface area contributed by atoms with Crippen molar-refractivity contribution in [1.82, 2.24) is 4.90 Å². The summed E-state index contributed by atoms with van der Waals surface area (Å²) in [4.78, 5) is 13.8. The molecule has 2 rings (SSSR count). The number of hydrogen-bond donors (Lipinski definition) is 1. The minimum Gasteiger partial charge on any atom is -0.444 e. The summed E-state index contributed by atoms with van der Waals surface area (Å²) in [7, 11) is 0. The van der Waals surface area contributed by atoms with Crippen molar-refractivity contribution in [1.29, 1.82) is 0 Å². The summed E-state index contributed by atoms with van der Waals surface area (Å²) in [6.45, 7) is 7.53. The Kier molecular flexibility index (Phi) is 4.09. The first kappa shape index (κ1) is 14.6. The maximum atomic E-state index is 12.0. The van der Waals surface area contributed by atoms with Crippen molar-refractivity contribution in [2.75, 3.05) is 19.7 Å². The summed E-state index contributed by atoms with van der Waals surface area (Å²) >= 11 is 0. The summed E-state index contributed by atoms with van der Waals surface area (Å²) in [6, 6.07) is 0. The van der Waals surface area contributed by atoms with E-state index in [-0.39, 0.29) is 11.5 Å². The number of carbonyl (C=O) groups excluding carboxylic acids is 1. The maximum Gasteiger partial charge on any atom is 0.410 e. The lowest BCUT2D eigenvalue weighted by Gasteiger charge is -2.49. The fourth-order valence-corrected chi connectivity index (χ4v) is 3.33. The van der Waals surface area contributed by atoms with E-state index >= 15 is 0 Å².